The number of rotatable bonds is 5. The maximum absolute atomic E-state index is 13.5. The van der Waals surface area contributed by atoms with Crippen molar-refractivity contribution in [3.8, 4) is 17.1 Å². The number of methoxy groups -OCH3 is 1. The third kappa shape index (κ3) is 3.50. The minimum atomic E-state index is -0.504. The summed E-state index contributed by atoms with van der Waals surface area (Å²) in [5, 5.41) is 10.8. The van der Waals surface area contributed by atoms with Crippen molar-refractivity contribution in [2.45, 2.75) is 13.5 Å². The molecule has 1 aromatic heterocycles. The van der Waals surface area contributed by atoms with Gasteiger partial charge in [-0.1, -0.05) is 12.1 Å². The monoisotopic (exact) mass is 340 g/mol. The summed E-state index contributed by atoms with van der Waals surface area (Å²) < 4.78 is 20.5. The maximum Gasteiger partial charge on any atom is 0.259 e. The van der Waals surface area contributed by atoms with E-state index in [9.17, 15) is 9.18 Å². The number of ether oxygens (including phenoxy) is 1. The van der Waals surface area contributed by atoms with Crippen molar-refractivity contribution >= 4 is 11.6 Å². The minimum Gasteiger partial charge on any atom is -0.496 e. The van der Waals surface area contributed by atoms with Crippen molar-refractivity contribution in [1.82, 2.24) is 14.8 Å². The van der Waals surface area contributed by atoms with Crippen LogP contribution in [0.2, 0.25) is 0 Å². The molecule has 128 valence electrons. The summed E-state index contributed by atoms with van der Waals surface area (Å²) in [4.78, 5) is 12.5. The second kappa shape index (κ2) is 7.12. The number of hydrogen-bond acceptors (Lipinski definition) is 4. The summed E-state index contributed by atoms with van der Waals surface area (Å²) in [6.07, 6.45) is 1.65. The number of carbonyl (C=O) groups excluding carboxylic acids is 1. The summed E-state index contributed by atoms with van der Waals surface area (Å²) in [6, 6.07) is 11.0. The van der Waals surface area contributed by atoms with E-state index in [2.05, 4.69) is 15.5 Å². The summed E-state index contributed by atoms with van der Waals surface area (Å²) in [6.45, 7) is 2.73. The number of aryl methyl sites for hydroxylation is 1. The highest BCUT2D eigenvalue weighted by molar-refractivity contribution is 6.06. The Hall–Kier alpha value is -3.22. The molecule has 1 heterocycles. The van der Waals surface area contributed by atoms with Gasteiger partial charge in [-0.05, 0) is 37.3 Å². The lowest BCUT2D eigenvalue weighted by Crippen LogP contribution is -2.13. The third-order valence-electron chi connectivity index (χ3n) is 3.74. The molecule has 6 nitrogen and oxygen atoms in total. The zero-order chi connectivity index (χ0) is 17.8. The summed E-state index contributed by atoms with van der Waals surface area (Å²) >= 11 is 0. The van der Waals surface area contributed by atoms with E-state index in [-0.39, 0.29) is 5.56 Å². The lowest BCUT2D eigenvalue weighted by atomic mass is 10.1. The Kier molecular flexibility index (Phi) is 4.74. The fourth-order valence-electron chi connectivity index (χ4n) is 2.50. The molecule has 0 saturated carbocycles. The van der Waals surface area contributed by atoms with Gasteiger partial charge in [-0.25, -0.2) is 4.39 Å². The predicted octanol–water partition coefficient (Wildman–Crippen LogP) is 3.37. The van der Waals surface area contributed by atoms with Gasteiger partial charge in [0.05, 0.1) is 12.7 Å². The van der Waals surface area contributed by atoms with Crippen LogP contribution in [0.15, 0.2) is 48.8 Å². The molecule has 7 heteroatoms. The van der Waals surface area contributed by atoms with Crippen molar-refractivity contribution in [3.63, 3.8) is 0 Å². The highest BCUT2D eigenvalue weighted by Gasteiger charge is 2.14. The Morgan fingerprint density at radius 3 is 2.88 bits per heavy atom. The fraction of sp³-hybridized carbons (Fsp3) is 0.167. The van der Waals surface area contributed by atoms with E-state index in [1.165, 1.54) is 19.2 Å². The molecule has 25 heavy (non-hydrogen) atoms. The second-order valence-electron chi connectivity index (χ2n) is 5.32. The van der Waals surface area contributed by atoms with E-state index in [1.54, 1.807) is 18.5 Å². The summed E-state index contributed by atoms with van der Waals surface area (Å²) in [5.74, 6) is 0.0592. The molecule has 0 bridgehead atoms. The topological polar surface area (TPSA) is 69.0 Å². The Balaban J connectivity index is 1.88. The first-order valence-electron chi connectivity index (χ1n) is 7.75. The Morgan fingerprint density at radius 1 is 1.28 bits per heavy atom. The van der Waals surface area contributed by atoms with E-state index < -0.39 is 11.7 Å². The van der Waals surface area contributed by atoms with Crippen molar-refractivity contribution in [3.05, 3.63) is 60.2 Å². The van der Waals surface area contributed by atoms with E-state index in [0.717, 1.165) is 18.2 Å². The van der Waals surface area contributed by atoms with Gasteiger partial charge >= 0.3 is 0 Å². The minimum absolute atomic E-state index is 0.129. The number of benzene rings is 2. The number of amides is 1. The van der Waals surface area contributed by atoms with Crippen LogP contribution in [0.4, 0.5) is 10.1 Å². The number of nitrogens with one attached hydrogen (secondary N) is 1. The van der Waals surface area contributed by atoms with Crippen LogP contribution in [0.1, 0.15) is 17.3 Å². The van der Waals surface area contributed by atoms with Crippen LogP contribution < -0.4 is 10.1 Å². The van der Waals surface area contributed by atoms with E-state index >= 15 is 0 Å². The number of aromatic nitrogens is 3. The molecule has 0 radical (unpaired) electrons. The molecule has 0 saturated heterocycles. The van der Waals surface area contributed by atoms with Gasteiger partial charge < -0.3 is 14.6 Å². The van der Waals surface area contributed by atoms with Crippen LogP contribution >= 0.6 is 0 Å². The third-order valence-corrected chi connectivity index (χ3v) is 3.74. The first-order chi connectivity index (χ1) is 12.1. The Bertz CT molecular complexity index is 908. The van der Waals surface area contributed by atoms with Crippen molar-refractivity contribution in [2.75, 3.05) is 12.4 Å². The molecular formula is C18H17FN4O2. The molecule has 0 fully saturated rings. The number of halogens is 1. The highest BCUT2D eigenvalue weighted by atomic mass is 19.1. The Morgan fingerprint density at radius 2 is 2.12 bits per heavy atom. The molecule has 0 aliphatic rings. The molecule has 1 N–H and O–H groups in total. The van der Waals surface area contributed by atoms with Gasteiger partial charge in [0, 0.05) is 17.8 Å². The van der Waals surface area contributed by atoms with Crippen LogP contribution in [0.25, 0.3) is 11.4 Å². The van der Waals surface area contributed by atoms with Gasteiger partial charge in [-0.2, -0.15) is 0 Å². The molecule has 1 amide bonds. The molecule has 0 aliphatic carbocycles. The van der Waals surface area contributed by atoms with Crippen LogP contribution in [0.3, 0.4) is 0 Å². The number of nitrogens with zero attached hydrogens (tertiary/aromatic N) is 3. The standard InChI is InChI=1S/C18H17FN4O2/c1-3-23-11-20-22-17(23)12-5-4-6-14(9-12)21-18(24)15-10-13(19)7-8-16(15)25-2/h4-11H,3H2,1-2H3,(H,21,24). The molecular weight excluding hydrogens is 323 g/mol. The van der Waals surface area contributed by atoms with Gasteiger partial charge in [0.1, 0.15) is 17.9 Å². The smallest absolute Gasteiger partial charge is 0.259 e. The average Bonchev–Trinajstić information content (AvgIpc) is 3.10. The maximum atomic E-state index is 13.5. The van der Waals surface area contributed by atoms with Crippen molar-refractivity contribution in [1.29, 1.82) is 0 Å². The number of hydrogen-bond donors (Lipinski definition) is 1. The van der Waals surface area contributed by atoms with E-state index in [4.69, 9.17) is 4.74 Å². The van der Waals surface area contributed by atoms with Gasteiger partial charge in [-0.15, -0.1) is 10.2 Å². The van der Waals surface area contributed by atoms with Crippen LogP contribution in [-0.4, -0.2) is 27.8 Å². The quantitative estimate of drug-likeness (QED) is 0.773. The first-order valence-corrected chi connectivity index (χ1v) is 7.75. The first kappa shape index (κ1) is 16.6. The molecule has 0 aliphatic heterocycles. The van der Waals surface area contributed by atoms with Crippen LogP contribution in [0, 0.1) is 5.82 Å². The molecule has 3 rings (SSSR count). The zero-order valence-electron chi connectivity index (χ0n) is 13.9. The van der Waals surface area contributed by atoms with Crippen LogP contribution in [0.5, 0.6) is 5.75 Å². The van der Waals surface area contributed by atoms with Gasteiger partial charge in [-0.3, -0.25) is 4.79 Å². The summed E-state index contributed by atoms with van der Waals surface area (Å²) in [7, 11) is 1.43. The largest absolute Gasteiger partial charge is 0.496 e. The van der Waals surface area contributed by atoms with Gasteiger partial charge in [0.25, 0.3) is 5.91 Å². The second-order valence-corrected chi connectivity index (χ2v) is 5.32. The van der Waals surface area contributed by atoms with Gasteiger partial charge in [0.15, 0.2) is 5.82 Å². The highest BCUT2D eigenvalue weighted by Crippen LogP contribution is 2.23. The normalized spacial score (nSPS) is 10.5. The number of anilines is 1. The average molecular weight is 340 g/mol. The van der Waals surface area contributed by atoms with Gasteiger partial charge in [0.2, 0.25) is 0 Å². The molecule has 3 aromatic rings. The zero-order valence-corrected chi connectivity index (χ0v) is 13.9. The SMILES string of the molecule is CCn1cnnc1-c1cccc(NC(=O)c2cc(F)ccc2OC)c1. The summed E-state index contributed by atoms with van der Waals surface area (Å²) in [5.41, 5.74) is 1.52. The molecule has 0 atom stereocenters. The van der Waals surface area contributed by atoms with E-state index in [0.29, 0.717) is 17.3 Å². The lowest BCUT2D eigenvalue weighted by Gasteiger charge is -2.10. The van der Waals surface area contributed by atoms with E-state index in [1.807, 2.05) is 23.6 Å². The number of carbonyl (C=O) groups is 1. The van der Waals surface area contributed by atoms with Crippen molar-refractivity contribution in [2.24, 2.45) is 0 Å². The van der Waals surface area contributed by atoms with Crippen LogP contribution in [-0.2, 0) is 6.54 Å². The molecule has 0 spiro atoms. The van der Waals surface area contributed by atoms with Crippen molar-refractivity contribution < 1.29 is 13.9 Å². The fourth-order valence-corrected chi connectivity index (χ4v) is 2.50. The molecule has 0 unspecified atom stereocenters. The predicted molar refractivity (Wildman–Crippen MR) is 92.0 cm³/mol. The Labute approximate surface area is 144 Å². The molecule has 2 aromatic carbocycles. The lowest BCUT2D eigenvalue weighted by molar-refractivity contribution is 0.102.